The third kappa shape index (κ3) is 3.64. The highest BCUT2D eigenvalue weighted by Gasteiger charge is 2.33. The Morgan fingerprint density at radius 1 is 1.19 bits per heavy atom. The Hall–Kier alpha value is -3.61. The van der Waals surface area contributed by atoms with Crippen LogP contribution < -0.4 is 4.74 Å². The summed E-state index contributed by atoms with van der Waals surface area (Å²) in [6.07, 6.45) is 1.86. The predicted molar refractivity (Wildman–Crippen MR) is 123 cm³/mol. The summed E-state index contributed by atoms with van der Waals surface area (Å²) in [5.41, 5.74) is 5.57. The van der Waals surface area contributed by atoms with Crippen LogP contribution in [0.4, 0.5) is 0 Å². The van der Waals surface area contributed by atoms with Crippen LogP contribution in [0.5, 0.6) is 5.75 Å². The average Bonchev–Trinajstić information content (AvgIpc) is 3.51. The van der Waals surface area contributed by atoms with Gasteiger partial charge in [-0.15, -0.1) is 0 Å². The van der Waals surface area contributed by atoms with Gasteiger partial charge in [-0.05, 0) is 63.1 Å². The molecular formula is C25H27N5O2. The highest BCUT2D eigenvalue weighted by atomic mass is 16.5. The number of aromatic nitrogens is 4. The number of likely N-dealkylation sites (tertiary alicyclic amines) is 1. The smallest absolute Gasteiger partial charge is 0.254 e. The van der Waals surface area contributed by atoms with Gasteiger partial charge in [-0.2, -0.15) is 5.10 Å². The normalized spacial score (nSPS) is 16.1. The largest absolute Gasteiger partial charge is 0.496 e. The lowest BCUT2D eigenvalue weighted by atomic mass is 10.1. The number of fused-ring (bicyclic) bond motifs is 1. The zero-order valence-corrected chi connectivity index (χ0v) is 18.6. The van der Waals surface area contributed by atoms with E-state index < -0.39 is 0 Å². The molecule has 1 saturated heterocycles. The molecule has 0 unspecified atom stereocenters. The van der Waals surface area contributed by atoms with Crippen molar-refractivity contribution in [1.82, 2.24) is 24.6 Å². The van der Waals surface area contributed by atoms with Crippen LogP contribution in [0.15, 0.2) is 48.5 Å². The lowest BCUT2D eigenvalue weighted by molar-refractivity contribution is 0.0730. The molecule has 164 valence electrons. The van der Waals surface area contributed by atoms with E-state index in [4.69, 9.17) is 9.72 Å². The maximum absolute atomic E-state index is 13.5. The molecule has 4 aromatic rings. The number of hydrogen-bond acceptors (Lipinski definition) is 4. The lowest BCUT2D eigenvalue weighted by Gasteiger charge is -2.24. The highest BCUT2D eigenvalue weighted by molar-refractivity contribution is 5.95. The summed E-state index contributed by atoms with van der Waals surface area (Å²) in [6.45, 7) is 5.28. The van der Waals surface area contributed by atoms with Crippen molar-refractivity contribution >= 4 is 16.9 Å². The number of imidazole rings is 1. The van der Waals surface area contributed by atoms with Crippen LogP contribution in [0.25, 0.3) is 11.0 Å². The van der Waals surface area contributed by atoms with Crippen molar-refractivity contribution in [2.75, 3.05) is 13.7 Å². The fourth-order valence-corrected chi connectivity index (χ4v) is 4.62. The monoisotopic (exact) mass is 429 g/mol. The summed E-state index contributed by atoms with van der Waals surface area (Å²) in [7, 11) is 1.65. The van der Waals surface area contributed by atoms with Crippen LogP contribution in [-0.4, -0.2) is 44.2 Å². The number of aromatic amines is 1. The molecule has 3 heterocycles. The molecule has 0 spiro atoms. The number of carbonyl (C=O) groups excluding carboxylic acids is 1. The topological polar surface area (TPSA) is 76.0 Å². The SMILES string of the molecule is COc1ccc(C(=O)N2CCC[C@@H]2c2nc3ccccc3[nH]2)cc1Cn1nc(C)cc1C. The van der Waals surface area contributed by atoms with E-state index in [1.807, 2.05) is 72.0 Å². The Morgan fingerprint density at radius 3 is 2.78 bits per heavy atom. The van der Waals surface area contributed by atoms with Crippen LogP contribution in [0, 0.1) is 13.8 Å². The van der Waals surface area contributed by atoms with Crippen molar-refractivity contribution in [1.29, 1.82) is 0 Å². The molecule has 1 amide bonds. The number of para-hydroxylation sites is 2. The number of amides is 1. The van der Waals surface area contributed by atoms with Gasteiger partial charge in [-0.25, -0.2) is 4.98 Å². The van der Waals surface area contributed by atoms with Gasteiger partial charge in [0.1, 0.15) is 11.6 Å². The molecular weight excluding hydrogens is 402 g/mol. The molecule has 5 rings (SSSR count). The molecule has 0 radical (unpaired) electrons. The fourth-order valence-electron chi connectivity index (χ4n) is 4.62. The summed E-state index contributed by atoms with van der Waals surface area (Å²) in [6, 6.07) is 15.6. The van der Waals surface area contributed by atoms with Crippen LogP contribution in [0.2, 0.25) is 0 Å². The number of hydrogen-bond donors (Lipinski definition) is 1. The fraction of sp³-hybridized carbons (Fsp3) is 0.320. The van der Waals surface area contributed by atoms with Crippen molar-refractivity contribution in [3.63, 3.8) is 0 Å². The second-order valence-electron chi connectivity index (χ2n) is 8.41. The number of H-pyrrole nitrogens is 1. The Kier molecular flexibility index (Phi) is 5.17. The molecule has 0 aliphatic carbocycles. The molecule has 0 saturated carbocycles. The second-order valence-corrected chi connectivity index (χ2v) is 8.41. The van der Waals surface area contributed by atoms with Gasteiger partial charge in [0.05, 0.1) is 36.4 Å². The summed E-state index contributed by atoms with van der Waals surface area (Å²) in [5, 5.41) is 4.56. The van der Waals surface area contributed by atoms with Gasteiger partial charge in [-0.1, -0.05) is 12.1 Å². The molecule has 1 aliphatic heterocycles. The zero-order valence-electron chi connectivity index (χ0n) is 18.6. The molecule has 32 heavy (non-hydrogen) atoms. The van der Waals surface area contributed by atoms with Gasteiger partial charge in [0, 0.05) is 23.4 Å². The molecule has 2 aromatic carbocycles. The molecule has 7 heteroatoms. The summed E-state index contributed by atoms with van der Waals surface area (Å²) in [4.78, 5) is 23.6. The van der Waals surface area contributed by atoms with Gasteiger partial charge in [0.25, 0.3) is 5.91 Å². The first-order chi connectivity index (χ1) is 15.5. The van der Waals surface area contributed by atoms with Crippen molar-refractivity contribution in [3.8, 4) is 5.75 Å². The minimum atomic E-state index is -0.0449. The number of benzene rings is 2. The van der Waals surface area contributed by atoms with E-state index >= 15 is 0 Å². The number of rotatable bonds is 5. The molecule has 1 atom stereocenters. The van der Waals surface area contributed by atoms with Gasteiger partial charge in [-0.3, -0.25) is 9.48 Å². The van der Waals surface area contributed by atoms with Crippen LogP contribution >= 0.6 is 0 Å². The van der Waals surface area contributed by atoms with Crippen molar-refractivity contribution in [2.24, 2.45) is 0 Å². The Morgan fingerprint density at radius 2 is 2.03 bits per heavy atom. The molecule has 2 aromatic heterocycles. The first-order valence-corrected chi connectivity index (χ1v) is 11.0. The summed E-state index contributed by atoms with van der Waals surface area (Å²) in [5.74, 6) is 1.63. The van der Waals surface area contributed by atoms with Crippen LogP contribution in [-0.2, 0) is 6.54 Å². The minimum absolute atomic E-state index is 0.0187. The first kappa shape index (κ1) is 20.3. The van der Waals surface area contributed by atoms with E-state index in [9.17, 15) is 4.79 Å². The van der Waals surface area contributed by atoms with Crippen molar-refractivity contribution in [2.45, 2.75) is 39.3 Å². The Bertz CT molecular complexity index is 1260. The zero-order chi connectivity index (χ0) is 22.2. The molecule has 1 fully saturated rings. The molecule has 7 nitrogen and oxygen atoms in total. The van der Waals surface area contributed by atoms with E-state index in [0.29, 0.717) is 12.1 Å². The predicted octanol–water partition coefficient (Wildman–Crippen LogP) is 4.41. The van der Waals surface area contributed by atoms with Gasteiger partial charge in [0.15, 0.2) is 0 Å². The lowest BCUT2D eigenvalue weighted by Crippen LogP contribution is -2.31. The second kappa shape index (κ2) is 8.15. The number of aryl methyl sites for hydroxylation is 2. The molecule has 1 aliphatic rings. The third-order valence-electron chi connectivity index (χ3n) is 6.19. The first-order valence-electron chi connectivity index (χ1n) is 11.0. The number of ether oxygens (including phenoxy) is 1. The van der Waals surface area contributed by atoms with E-state index in [-0.39, 0.29) is 11.9 Å². The van der Waals surface area contributed by atoms with Gasteiger partial charge >= 0.3 is 0 Å². The Balaban J connectivity index is 1.44. The molecule has 0 bridgehead atoms. The van der Waals surface area contributed by atoms with Crippen LogP contribution in [0.3, 0.4) is 0 Å². The quantitative estimate of drug-likeness (QED) is 0.510. The van der Waals surface area contributed by atoms with Gasteiger partial charge < -0.3 is 14.6 Å². The third-order valence-corrected chi connectivity index (χ3v) is 6.19. The van der Waals surface area contributed by atoms with Gasteiger partial charge in [0.2, 0.25) is 0 Å². The molecule has 1 N–H and O–H groups in total. The van der Waals surface area contributed by atoms with E-state index in [0.717, 1.165) is 58.9 Å². The number of carbonyl (C=O) groups is 1. The van der Waals surface area contributed by atoms with E-state index in [2.05, 4.69) is 10.1 Å². The minimum Gasteiger partial charge on any atom is -0.496 e. The number of nitrogens with one attached hydrogen (secondary N) is 1. The summed E-state index contributed by atoms with van der Waals surface area (Å²) >= 11 is 0. The van der Waals surface area contributed by atoms with Crippen molar-refractivity contribution < 1.29 is 9.53 Å². The standard InChI is InChI=1S/C25H27N5O2/c1-16-13-17(2)30(28-16)15-19-14-18(10-11-23(19)32-3)25(31)29-12-6-9-22(29)24-26-20-7-4-5-8-21(20)27-24/h4-5,7-8,10-11,13-14,22H,6,9,12,15H2,1-3H3,(H,26,27)/t22-/m1/s1. The highest BCUT2D eigenvalue weighted by Crippen LogP contribution is 2.33. The number of methoxy groups -OCH3 is 1. The van der Waals surface area contributed by atoms with Crippen molar-refractivity contribution in [3.05, 3.63) is 76.9 Å². The average molecular weight is 430 g/mol. The van der Waals surface area contributed by atoms with E-state index in [1.165, 1.54) is 0 Å². The summed E-state index contributed by atoms with van der Waals surface area (Å²) < 4.78 is 7.51. The maximum Gasteiger partial charge on any atom is 0.254 e. The Labute approximate surface area is 187 Å². The van der Waals surface area contributed by atoms with E-state index in [1.54, 1.807) is 7.11 Å². The van der Waals surface area contributed by atoms with Crippen LogP contribution in [0.1, 0.15) is 52.0 Å². The number of nitrogens with zero attached hydrogens (tertiary/aromatic N) is 4. The maximum atomic E-state index is 13.5.